The van der Waals surface area contributed by atoms with E-state index < -0.39 is 0 Å². The summed E-state index contributed by atoms with van der Waals surface area (Å²) in [5.74, 6) is 0.215. The molecule has 1 amide bonds. The van der Waals surface area contributed by atoms with Crippen molar-refractivity contribution in [1.29, 1.82) is 0 Å². The minimum absolute atomic E-state index is 0.0240. The molecular formula is C11H15NOS. The van der Waals surface area contributed by atoms with Gasteiger partial charge in [0.1, 0.15) is 0 Å². The van der Waals surface area contributed by atoms with E-state index in [1.807, 2.05) is 30.3 Å². The Morgan fingerprint density at radius 2 is 2.07 bits per heavy atom. The van der Waals surface area contributed by atoms with Crippen molar-refractivity contribution in [2.45, 2.75) is 19.4 Å². The molecule has 0 bridgehead atoms. The largest absolute Gasteiger partial charge is 0.349 e. The maximum Gasteiger partial charge on any atom is 0.230 e. The van der Waals surface area contributed by atoms with E-state index in [0.29, 0.717) is 0 Å². The molecule has 1 rings (SSSR count). The van der Waals surface area contributed by atoms with Crippen molar-refractivity contribution < 1.29 is 4.79 Å². The van der Waals surface area contributed by atoms with Gasteiger partial charge in [-0.25, -0.2) is 0 Å². The fourth-order valence-corrected chi connectivity index (χ4v) is 1.44. The van der Waals surface area contributed by atoms with E-state index >= 15 is 0 Å². The van der Waals surface area contributed by atoms with Crippen LogP contribution in [0, 0.1) is 0 Å². The van der Waals surface area contributed by atoms with Gasteiger partial charge < -0.3 is 5.32 Å². The van der Waals surface area contributed by atoms with Crippen LogP contribution in [-0.4, -0.2) is 11.7 Å². The van der Waals surface area contributed by atoms with Gasteiger partial charge in [-0.05, 0) is 12.0 Å². The number of carbonyl (C=O) groups is 1. The predicted molar refractivity (Wildman–Crippen MR) is 61.5 cm³/mol. The number of benzene rings is 1. The third-order valence-electron chi connectivity index (χ3n) is 2.09. The number of hydrogen-bond acceptors (Lipinski definition) is 2. The van der Waals surface area contributed by atoms with Crippen molar-refractivity contribution >= 4 is 18.5 Å². The van der Waals surface area contributed by atoms with Gasteiger partial charge in [-0.1, -0.05) is 37.3 Å². The molecule has 0 aliphatic rings. The molecule has 0 saturated carbocycles. The molecule has 0 spiro atoms. The first-order chi connectivity index (χ1) is 6.77. The number of nitrogens with one attached hydrogen (secondary N) is 1. The zero-order valence-electron chi connectivity index (χ0n) is 8.23. The standard InChI is InChI=1S/C11H15NOS/c1-2-10(12-11(13)8-14)9-6-4-3-5-7-9/h3-7,10,14H,2,8H2,1H3,(H,12,13). The molecule has 0 fully saturated rings. The van der Waals surface area contributed by atoms with Crippen molar-refractivity contribution in [2.75, 3.05) is 5.75 Å². The smallest absolute Gasteiger partial charge is 0.230 e. The van der Waals surface area contributed by atoms with Crippen LogP contribution in [0.4, 0.5) is 0 Å². The van der Waals surface area contributed by atoms with E-state index in [1.54, 1.807) is 0 Å². The van der Waals surface area contributed by atoms with Crippen LogP contribution in [0.25, 0.3) is 0 Å². The van der Waals surface area contributed by atoms with Gasteiger partial charge >= 0.3 is 0 Å². The van der Waals surface area contributed by atoms with Crippen molar-refractivity contribution in [1.82, 2.24) is 5.32 Å². The Balaban J connectivity index is 2.68. The fourth-order valence-electron chi connectivity index (χ4n) is 1.35. The van der Waals surface area contributed by atoms with Crippen LogP contribution < -0.4 is 5.32 Å². The maximum absolute atomic E-state index is 11.2. The Morgan fingerprint density at radius 3 is 2.57 bits per heavy atom. The summed E-state index contributed by atoms with van der Waals surface area (Å²) in [7, 11) is 0. The number of hydrogen-bond donors (Lipinski definition) is 2. The van der Waals surface area contributed by atoms with Crippen LogP contribution in [-0.2, 0) is 4.79 Å². The summed E-state index contributed by atoms with van der Waals surface area (Å²) in [5.41, 5.74) is 1.14. The third-order valence-corrected chi connectivity index (χ3v) is 2.38. The van der Waals surface area contributed by atoms with E-state index in [1.165, 1.54) is 0 Å². The second kappa shape index (κ2) is 5.70. The van der Waals surface area contributed by atoms with Crippen molar-refractivity contribution in [3.8, 4) is 0 Å². The lowest BCUT2D eigenvalue weighted by Crippen LogP contribution is -2.28. The zero-order valence-corrected chi connectivity index (χ0v) is 9.13. The minimum Gasteiger partial charge on any atom is -0.349 e. The van der Waals surface area contributed by atoms with E-state index in [9.17, 15) is 4.79 Å². The van der Waals surface area contributed by atoms with E-state index in [0.717, 1.165) is 12.0 Å². The second-order valence-corrected chi connectivity index (χ2v) is 3.41. The number of amides is 1. The molecule has 1 atom stereocenters. The molecule has 14 heavy (non-hydrogen) atoms. The summed E-state index contributed by atoms with van der Waals surface area (Å²) in [6, 6.07) is 10.1. The topological polar surface area (TPSA) is 29.1 Å². The maximum atomic E-state index is 11.2. The summed E-state index contributed by atoms with van der Waals surface area (Å²) < 4.78 is 0. The normalized spacial score (nSPS) is 12.1. The van der Waals surface area contributed by atoms with Crippen LogP contribution >= 0.6 is 12.6 Å². The SMILES string of the molecule is CCC(NC(=O)CS)c1ccccc1. The van der Waals surface area contributed by atoms with Crippen molar-refractivity contribution in [3.05, 3.63) is 35.9 Å². The number of carbonyl (C=O) groups excluding carboxylic acids is 1. The molecule has 1 aromatic rings. The highest BCUT2D eigenvalue weighted by atomic mass is 32.1. The van der Waals surface area contributed by atoms with Crippen molar-refractivity contribution in [3.63, 3.8) is 0 Å². The first kappa shape index (κ1) is 11.1. The molecule has 0 aliphatic heterocycles. The molecule has 0 radical (unpaired) electrons. The molecule has 76 valence electrons. The van der Waals surface area contributed by atoms with Crippen LogP contribution in [0.3, 0.4) is 0 Å². The lowest BCUT2D eigenvalue weighted by Gasteiger charge is -2.16. The van der Waals surface area contributed by atoms with Crippen LogP contribution in [0.2, 0.25) is 0 Å². The summed E-state index contributed by atoms with van der Waals surface area (Å²) in [6.45, 7) is 2.05. The molecule has 0 saturated heterocycles. The Bertz CT molecular complexity index is 287. The Kier molecular flexibility index (Phi) is 4.53. The molecule has 1 N–H and O–H groups in total. The van der Waals surface area contributed by atoms with Crippen LogP contribution in [0.1, 0.15) is 24.9 Å². The fraction of sp³-hybridized carbons (Fsp3) is 0.364. The Hall–Kier alpha value is -0.960. The van der Waals surface area contributed by atoms with Gasteiger partial charge in [-0.3, -0.25) is 4.79 Å². The first-order valence-electron chi connectivity index (χ1n) is 4.73. The average Bonchev–Trinajstić information content (AvgIpc) is 2.26. The molecule has 0 aromatic heterocycles. The Labute approximate surface area is 90.1 Å². The van der Waals surface area contributed by atoms with Gasteiger partial charge in [0.05, 0.1) is 11.8 Å². The first-order valence-corrected chi connectivity index (χ1v) is 5.36. The highest BCUT2D eigenvalue weighted by molar-refractivity contribution is 7.81. The lowest BCUT2D eigenvalue weighted by molar-refractivity contribution is -0.119. The Morgan fingerprint density at radius 1 is 1.43 bits per heavy atom. The highest BCUT2D eigenvalue weighted by Crippen LogP contribution is 2.15. The van der Waals surface area contributed by atoms with Gasteiger partial charge in [-0.2, -0.15) is 12.6 Å². The summed E-state index contributed by atoms with van der Waals surface area (Å²) in [4.78, 5) is 11.2. The zero-order chi connectivity index (χ0) is 10.4. The molecule has 3 heteroatoms. The molecular weight excluding hydrogens is 194 g/mol. The minimum atomic E-state index is -0.0240. The predicted octanol–water partition coefficient (Wildman–Crippen LogP) is 2.18. The third kappa shape index (κ3) is 3.07. The van der Waals surface area contributed by atoms with Gasteiger partial charge in [0.25, 0.3) is 0 Å². The monoisotopic (exact) mass is 209 g/mol. The van der Waals surface area contributed by atoms with E-state index in [4.69, 9.17) is 0 Å². The second-order valence-electron chi connectivity index (χ2n) is 3.10. The molecule has 1 aromatic carbocycles. The van der Waals surface area contributed by atoms with Crippen molar-refractivity contribution in [2.24, 2.45) is 0 Å². The summed E-state index contributed by atoms with van der Waals surface area (Å²) in [5, 5.41) is 2.92. The number of rotatable bonds is 4. The van der Waals surface area contributed by atoms with E-state index in [2.05, 4.69) is 24.9 Å². The number of thiol groups is 1. The quantitative estimate of drug-likeness (QED) is 0.731. The molecule has 2 nitrogen and oxygen atoms in total. The average molecular weight is 209 g/mol. The molecule has 1 unspecified atom stereocenters. The molecule has 0 aliphatic carbocycles. The van der Waals surface area contributed by atoms with Gasteiger partial charge in [0.15, 0.2) is 0 Å². The van der Waals surface area contributed by atoms with Gasteiger partial charge in [-0.15, -0.1) is 0 Å². The van der Waals surface area contributed by atoms with Crippen LogP contribution in [0.5, 0.6) is 0 Å². The summed E-state index contributed by atoms with van der Waals surface area (Å²) >= 11 is 3.93. The van der Waals surface area contributed by atoms with Crippen LogP contribution in [0.15, 0.2) is 30.3 Å². The molecule has 0 heterocycles. The lowest BCUT2D eigenvalue weighted by atomic mass is 10.0. The van der Waals surface area contributed by atoms with Gasteiger partial charge in [0.2, 0.25) is 5.91 Å². The van der Waals surface area contributed by atoms with E-state index in [-0.39, 0.29) is 17.7 Å². The highest BCUT2D eigenvalue weighted by Gasteiger charge is 2.10. The van der Waals surface area contributed by atoms with Gasteiger partial charge in [0, 0.05) is 0 Å². The summed E-state index contributed by atoms with van der Waals surface area (Å²) in [6.07, 6.45) is 0.892.